The van der Waals surface area contributed by atoms with Gasteiger partial charge in [-0.15, -0.1) is 0 Å². The zero-order valence-corrected chi connectivity index (χ0v) is 10.7. The Morgan fingerprint density at radius 2 is 2.06 bits per heavy atom. The van der Waals surface area contributed by atoms with Crippen molar-refractivity contribution in [2.75, 3.05) is 0 Å². The molecule has 92 valence electrons. The van der Waals surface area contributed by atoms with Gasteiger partial charge in [0.05, 0.1) is 16.7 Å². The number of rotatable bonds is 4. The smallest absolute Gasteiger partial charge is 0.273 e. The van der Waals surface area contributed by atoms with E-state index in [4.69, 9.17) is 4.42 Å². The lowest BCUT2D eigenvalue weighted by atomic mass is 10.0. The van der Waals surface area contributed by atoms with E-state index in [1.807, 2.05) is 0 Å². The van der Waals surface area contributed by atoms with Crippen molar-refractivity contribution in [1.82, 2.24) is 0 Å². The fraction of sp³-hybridized carbons (Fsp3) is 0.0833. The van der Waals surface area contributed by atoms with Crippen molar-refractivity contribution in [3.8, 4) is 0 Å². The van der Waals surface area contributed by atoms with Gasteiger partial charge in [-0.05, 0) is 22.0 Å². The Hall–Kier alpha value is -1.95. The van der Waals surface area contributed by atoms with Crippen molar-refractivity contribution < 1.29 is 14.1 Å². The van der Waals surface area contributed by atoms with Crippen LogP contribution in [0.15, 0.2) is 45.7 Å². The zero-order valence-electron chi connectivity index (χ0n) is 9.13. The number of nitro benzene ring substituents is 1. The number of Topliss-reactive ketones (excluding diaryl/α,β-unsaturated/α-hetero) is 1. The topological polar surface area (TPSA) is 73.3 Å². The van der Waals surface area contributed by atoms with Crippen molar-refractivity contribution >= 4 is 27.4 Å². The molecule has 0 saturated heterocycles. The van der Waals surface area contributed by atoms with E-state index in [1.54, 1.807) is 18.2 Å². The average Bonchev–Trinajstić information content (AvgIpc) is 2.76. The van der Waals surface area contributed by atoms with Gasteiger partial charge in [-0.2, -0.15) is 0 Å². The summed E-state index contributed by atoms with van der Waals surface area (Å²) >= 11 is 3.11. The van der Waals surface area contributed by atoms with E-state index in [0.717, 1.165) is 0 Å². The number of nitro groups is 1. The first-order chi connectivity index (χ1) is 8.59. The lowest BCUT2D eigenvalue weighted by molar-refractivity contribution is -0.385. The minimum absolute atomic E-state index is 0.0325. The second-order valence-electron chi connectivity index (χ2n) is 3.59. The summed E-state index contributed by atoms with van der Waals surface area (Å²) < 4.78 is 5.30. The van der Waals surface area contributed by atoms with Gasteiger partial charge in [-0.3, -0.25) is 14.9 Å². The van der Waals surface area contributed by atoms with Crippen molar-refractivity contribution in [2.24, 2.45) is 0 Å². The van der Waals surface area contributed by atoms with Gasteiger partial charge in [0, 0.05) is 18.1 Å². The van der Waals surface area contributed by atoms with Crippen LogP contribution in [0.2, 0.25) is 0 Å². The zero-order chi connectivity index (χ0) is 13.1. The highest BCUT2D eigenvalue weighted by atomic mass is 79.9. The number of furan rings is 1. The van der Waals surface area contributed by atoms with Crippen LogP contribution >= 0.6 is 15.9 Å². The fourth-order valence-electron chi connectivity index (χ4n) is 1.60. The van der Waals surface area contributed by atoms with Crippen molar-refractivity contribution in [2.45, 2.75) is 6.42 Å². The van der Waals surface area contributed by atoms with Crippen LogP contribution in [0.4, 0.5) is 5.69 Å². The Bertz CT molecular complexity index is 606. The molecule has 0 aliphatic carbocycles. The van der Waals surface area contributed by atoms with Gasteiger partial charge in [-0.25, -0.2) is 0 Å². The summed E-state index contributed by atoms with van der Waals surface area (Å²) in [4.78, 5) is 22.3. The van der Waals surface area contributed by atoms with E-state index in [-0.39, 0.29) is 17.9 Å². The minimum Gasteiger partial charge on any atom is -0.457 e. The standard InChI is InChI=1S/C12H8BrNO4/c13-12-9(5-6-18-12)11(15)7-8-3-1-2-4-10(8)14(16)17/h1-6H,7H2. The quantitative estimate of drug-likeness (QED) is 0.493. The van der Waals surface area contributed by atoms with Gasteiger partial charge in [0.25, 0.3) is 5.69 Å². The van der Waals surface area contributed by atoms with E-state index in [2.05, 4.69) is 15.9 Å². The second-order valence-corrected chi connectivity index (χ2v) is 4.31. The predicted octanol–water partition coefficient (Wildman–Crippen LogP) is 3.38. The first kappa shape index (κ1) is 12.5. The summed E-state index contributed by atoms with van der Waals surface area (Å²) in [5.74, 6) is -0.232. The van der Waals surface area contributed by atoms with Gasteiger partial charge < -0.3 is 4.42 Å². The van der Waals surface area contributed by atoms with E-state index in [0.29, 0.717) is 15.8 Å². The van der Waals surface area contributed by atoms with Crippen LogP contribution < -0.4 is 0 Å². The summed E-state index contributed by atoms with van der Waals surface area (Å²) in [5, 5.41) is 10.8. The number of hydrogen-bond acceptors (Lipinski definition) is 4. The number of carbonyl (C=O) groups is 1. The number of hydrogen-bond donors (Lipinski definition) is 0. The Morgan fingerprint density at radius 1 is 1.33 bits per heavy atom. The number of para-hydroxylation sites is 1. The second kappa shape index (κ2) is 5.14. The molecule has 6 heteroatoms. The van der Waals surface area contributed by atoms with E-state index in [1.165, 1.54) is 18.4 Å². The van der Waals surface area contributed by atoms with E-state index >= 15 is 0 Å². The summed E-state index contributed by atoms with van der Waals surface area (Å²) in [6.07, 6.45) is 1.35. The van der Waals surface area contributed by atoms with Gasteiger partial charge in [0.2, 0.25) is 0 Å². The fourth-order valence-corrected chi connectivity index (χ4v) is 2.06. The Kier molecular flexibility index (Phi) is 3.57. The summed E-state index contributed by atoms with van der Waals surface area (Å²) in [5.41, 5.74) is 0.721. The maximum atomic E-state index is 12.0. The molecule has 0 fully saturated rings. The molecule has 0 spiro atoms. The highest BCUT2D eigenvalue weighted by Crippen LogP contribution is 2.23. The molecule has 1 heterocycles. The molecular weight excluding hydrogens is 302 g/mol. The van der Waals surface area contributed by atoms with Gasteiger partial charge in [0.1, 0.15) is 0 Å². The highest BCUT2D eigenvalue weighted by Gasteiger charge is 2.18. The molecule has 0 saturated carbocycles. The number of carbonyl (C=O) groups excluding carboxylic acids is 1. The highest BCUT2D eigenvalue weighted by molar-refractivity contribution is 9.10. The van der Waals surface area contributed by atoms with E-state index in [9.17, 15) is 14.9 Å². The number of halogens is 1. The van der Waals surface area contributed by atoms with Crippen LogP contribution in [0.3, 0.4) is 0 Å². The Labute approximate surface area is 111 Å². The first-order valence-corrected chi connectivity index (χ1v) is 5.87. The maximum absolute atomic E-state index is 12.0. The monoisotopic (exact) mass is 309 g/mol. The molecule has 1 aromatic carbocycles. The van der Waals surface area contributed by atoms with Crippen LogP contribution in [0, 0.1) is 10.1 Å². The summed E-state index contributed by atoms with van der Waals surface area (Å²) in [7, 11) is 0. The molecule has 0 N–H and O–H groups in total. The van der Waals surface area contributed by atoms with Crippen LogP contribution in [0.25, 0.3) is 0 Å². The lowest BCUT2D eigenvalue weighted by Crippen LogP contribution is -2.05. The molecule has 5 nitrogen and oxygen atoms in total. The van der Waals surface area contributed by atoms with Crippen LogP contribution in [0.5, 0.6) is 0 Å². The number of nitrogens with zero attached hydrogens (tertiary/aromatic N) is 1. The van der Waals surface area contributed by atoms with E-state index < -0.39 is 4.92 Å². The predicted molar refractivity (Wildman–Crippen MR) is 67.5 cm³/mol. The molecule has 0 bridgehead atoms. The van der Waals surface area contributed by atoms with Crippen LogP contribution in [0.1, 0.15) is 15.9 Å². The molecule has 2 aromatic rings. The summed E-state index contributed by atoms with van der Waals surface area (Å²) in [6, 6.07) is 7.72. The number of benzene rings is 1. The third-order valence-corrected chi connectivity index (χ3v) is 3.07. The van der Waals surface area contributed by atoms with Crippen LogP contribution in [-0.2, 0) is 6.42 Å². The van der Waals surface area contributed by atoms with Gasteiger partial charge >= 0.3 is 0 Å². The van der Waals surface area contributed by atoms with Gasteiger partial charge in [-0.1, -0.05) is 18.2 Å². The van der Waals surface area contributed by atoms with Crippen molar-refractivity contribution in [1.29, 1.82) is 0 Å². The average molecular weight is 310 g/mol. The molecule has 0 amide bonds. The molecule has 0 aliphatic heterocycles. The normalized spacial score (nSPS) is 10.3. The molecular formula is C12H8BrNO4. The number of ketones is 1. The molecule has 18 heavy (non-hydrogen) atoms. The molecule has 0 aliphatic rings. The SMILES string of the molecule is O=C(Cc1ccccc1[N+](=O)[O-])c1ccoc1Br. The largest absolute Gasteiger partial charge is 0.457 e. The molecule has 2 rings (SSSR count). The lowest BCUT2D eigenvalue weighted by Gasteiger charge is -2.01. The maximum Gasteiger partial charge on any atom is 0.273 e. The van der Waals surface area contributed by atoms with Crippen LogP contribution in [-0.4, -0.2) is 10.7 Å². The third kappa shape index (κ3) is 2.48. The minimum atomic E-state index is -0.493. The summed E-state index contributed by atoms with van der Waals surface area (Å²) in [6.45, 7) is 0. The van der Waals surface area contributed by atoms with Gasteiger partial charge in [0.15, 0.2) is 10.5 Å². The Balaban J connectivity index is 2.28. The van der Waals surface area contributed by atoms with Crippen molar-refractivity contribution in [3.05, 3.63) is 62.5 Å². The molecule has 0 radical (unpaired) electrons. The first-order valence-electron chi connectivity index (χ1n) is 5.08. The third-order valence-electron chi connectivity index (χ3n) is 2.46. The van der Waals surface area contributed by atoms with Crippen molar-refractivity contribution in [3.63, 3.8) is 0 Å². The molecule has 1 aromatic heterocycles. The Morgan fingerprint density at radius 3 is 2.67 bits per heavy atom. The molecule has 0 atom stereocenters. The molecule has 0 unspecified atom stereocenters.